The van der Waals surface area contributed by atoms with Crippen molar-refractivity contribution >= 4 is 17.3 Å². The Labute approximate surface area is 164 Å². The van der Waals surface area contributed by atoms with Crippen molar-refractivity contribution in [2.75, 3.05) is 31.1 Å². The van der Waals surface area contributed by atoms with Gasteiger partial charge in [-0.15, -0.1) is 0 Å². The summed E-state index contributed by atoms with van der Waals surface area (Å²) in [5.41, 5.74) is 1.84. The number of piperazine rings is 1. The molecule has 1 aromatic heterocycles. The molecule has 2 fully saturated rings. The second kappa shape index (κ2) is 8.04. The fourth-order valence-corrected chi connectivity index (χ4v) is 4.37. The normalized spacial score (nSPS) is 18.3. The summed E-state index contributed by atoms with van der Waals surface area (Å²) < 4.78 is 1.90. The van der Waals surface area contributed by atoms with E-state index in [1.807, 2.05) is 40.1 Å². The van der Waals surface area contributed by atoms with Gasteiger partial charge in [0.25, 0.3) is 5.69 Å². The van der Waals surface area contributed by atoms with Crippen molar-refractivity contribution in [2.45, 2.75) is 32.1 Å². The van der Waals surface area contributed by atoms with Gasteiger partial charge in [-0.3, -0.25) is 14.9 Å². The Kier molecular flexibility index (Phi) is 5.32. The standard InChI is InChI=1S/C21H26N4O3/c26-21(17-6-2-1-3-7-17)24-14-12-23(13-15-24)19-9-8-18(25(27)28)16-20(19)22-10-4-5-11-22/h4-5,8-11,16-17H,1-3,6-7,12-15H2. The van der Waals surface area contributed by atoms with Gasteiger partial charge in [0, 0.05) is 56.6 Å². The second-order valence-electron chi connectivity index (χ2n) is 7.67. The highest BCUT2D eigenvalue weighted by Crippen LogP contribution is 2.31. The summed E-state index contributed by atoms with van der Waals surface area (Å²) >= 11 is 0. The number of benzene rings is 1. The Hall–Kier alpha value is -2.83. The first-order chi connectivity index (χ1) is 13.6. The van der Waals surface area contributed by atoms with Gasteiger partial charge in [-0.05, 0) is 31.0 Å². The highest BCUT2D eigenvalue weighted by Gasteiger charge is 2.29. The number of nitrogens with zero attached hydrogens (tertiary/aromatic N) is 4. The fourth-order valence-electron chi connectivity index (χ4n) is 4.37. The molecule has 2 heterocycles. The van der Waals surface area contributed by atoms with Crippen LogP contribution in [-0.2, 0) is 4.79 Å². The number of aromatic nitrogens is 1. The molecule has 1 saturated carbocycles. The van der Waals surface area contributed by atoms with E-state index in [1.165, 1.54) is 19.3 Å². The highest BCUT2D eigenvalue weighted by molar-refractivity contribution is 5.79. The van der Waals surface area contributed by atoms with Crippen molar-refractivity contribution in [1.82, 2.24) is 9.47 Å². The SMILES string of the molecule is O=C(C1CCCCC1)N1CCN(c2ccc([N+](=O)[O-])cc2-n2cccc2)CC1. The third kappa shape index (κ3) is 3.74. The molecule has 0 unspecified atom stereocenters. The van der Waals surface area contributed by atoms with E-state index in [4.69, 9.17) is 0 Å². The van der Waals surface area contributed by atoms with Gasteiger partial charge in [-0.1, -0.05) is 19.3 Å². The van der Waals surface area contributed by atoms with E-state index >= 15 is 0 Å². The third-order valence-electron chi connectivity index (χ3n) is 5.94. The number of amides is 1. The van der Waals surface area contributed by atoms with Crippen molar-refractivity contribution in [2.24, 2.45) is 5.92 Å². The summed E-state index contributed by atoms with van der Waals surface area (Å²) in [7, 11) is 0. The van der Waals surface area contributed by atoms with Crippen LogP contribution in [0.3, 0.4) is 0 Å². The molecule has 0 N–H and O–H groups in total. The number of nitro groups is 1. The van der Waals surface area contributed by atoms with Gasteiger partial charge in [-0.2, -0.15) is 0 Å². The lowest BCUT2D eigenvalue weighted by atomic mass is 9.88. The Morgan fingerprint density at radius 3 is 2.29 bits per heavy atom. The molecule has 7 heteroatoms. The Bertz CT molecular complexity index is 835. The maximum atomic E-state index is 12.8. The highest BCUT2D eigenvalue weighted by atomic mass is 16.6. The van der Waals surface area contributed by atoms with E-state index in [1.54, 1.807) is 12.1 Å². The summed E-state index contributed by atoms with van der Waals surface area (Å²) in [6.45, 7) is 2.89. The molecular weight excluding hydrogens is 356 g/mol. The molecule has 0 atom stereocenters. The largest absolute Gasteiger partial charge is 0.366 e. The van der Waals surface area contributed by atoms with Gasteiger partial charge in [0.15, 0.2) is 0 Å². The smallest absolute Gasteiger partial charge is 0.271 e. The van der Waals surface area contributed by atoms with Gasteiger partial charge in [0.2, 0.25) is 5.91 Å². The summed E-state index contributed by atoms with van der Waals surface area (Å²) in [5.74, 6) is 0.517. The lowest BCUT2D eigenvalue weighted by Gasteiger charge is -2.38. The average molecular weight is 382 g/mol. The lowest BCUT2D eigenvalue weighted by Crippen LogP contribution is -2.50. The topological polar surface area (TPSA) is 71.6 Å². The minimum atomic E-state index is -0.364. The third-order valence-corrected chi connectivity index (χ3v) is 5.94. The van der Waals surface area contributed by atoms with Crippen LogP contribution in [0.4, 0.5) is 11.4 Å². The van der Waals surface area contributed by atoms with Crippen LogP contribution < -0.4 is 4.90 Å². The molecule has 2 aromatic rings. The van der Waals surface area contributed by atoms with Crippen LogP contribution in [0, 0.1) is 16.0 Å². The van der Waals surface area contributed by atoms with E-state index < -0.39 is 0 Å². The van der Waals surface area contributed by atoms with Crippen LogP contribution in [0.2, 0.25) is 0 Å². The molecule has 1 aromatic carbocycles. The molecule has 0 bridgehead atoms. The first-order valence-corrected chi connectivity index (χ1v) is 10.1. The van der Waals surface area contributed by atoms with Crippen molar-refractivity contribution in [1.29, 1.82) is 0 Å². The van der Waals surface area contributed by atoms with Gasteiger partial charge >= 0.3 is 0 Å². The molecule has 1 saturated heterocycles. The molecule has 2 aliphatic rings. The van der Waals surface area contributed by atoms with Crippen LogP contribution in [0.1, 0.15) is 32.1 Å². The average Bonchev–Trinajstić information content (AvgIpc) is 3.28. The Morgan fingerprint density at radius 2 is 1.64 bits per heavy atom. The van der Waals surface area contributed by atoms with Crippen LogP contribution in [0.15, 0.2) is 42.7 Å². The van der Waals surface area contributed by atoms with Crippen molar-refractivity contribution in [3.63, 3.8) is 0 Å². The zero-order valence-electron chi connectivity index (χ0n) is 16.0. The number of hydrogen-bond acceptors (Lipinski definition) is 4. The number of carbonyl (C=O) groups excluding carboxylic acids is 1. The number of non-ortho nitro benzene ring substituents is 1. The minimum absolute atomic E-state index is 0.0820. The number of hydrogen-bond donors (Lipinski definition) is 0. The Balaban J connectivity index is 1.50. The zero-order valence-corrected chi connectivity index (χ0v) is 16.0. The van der Waals surface area contributed by atoms with Crippen LogP contribution >= 0.6 is 0 Å². The molecule has 0 spiro atoms. The minimum Gasteiger partial charge on any atom is -0.366 e. The summed E-state index contributed by atoms with van der Waals surface area (Å²) in [6, 6.07) is 8.82. The van der Waals surface area contributed by atoms with E-state index in [0.717, 1.165) is 37.3 Å². The lowest BCUT2D eigenvalue weighted by molar-refractivity contribution is -0.384. The Morgan fingerprint density at radius 1 is 0.964 bits per heavy atom. The molecule has 0 radical (unpaired) electrons. The molecule has 1 aliphatic carbocycles. The molecule has 1 aliphatic heterocycles. The van der Waals surface area contributed by atoms with Crippen LogP contribution in [0.25, 0.3) is 5.69 Å². The maximum Gasteiger partial charge on any atom is 0.271 e. The van der Waals surface area contributed by atoms with E-state index in [-0.39, 0.29) is 16.5 Å². The van der Waals surface area contributed by atoms with Crippen LogP contribution in [-0.4, -0.2) is 46.5 Å². The first kappa shape index (κ1) is 18.5. The fraction of sp³-hybridized carbons (Fsp3) is 0.476. The summed E-state index contributed by atoms with van der Waals surface area (Å²) in [6.07, 6.45) is 9.42. The first-order valence-electron chi connectivity index (χ1n) is 10.1. The second-order valence-corrected chi connectivity index (χ2v) is 7.67. The molecule has 7 nitrogen and oxygen atoms in total. The number of carbonyl (C=O) groups is 1. The molecule has 4 rings (SSSR count). The monoisotopic (exact) mass is 382 g/mol. The van der Waals surface area contributed by atoms with Gasteiger partial charge in [0.05, 0.1) is 16.3 Å². The quantitative estimate of drug-likeness (QED) is 0.598. The number of nitro benzene ring substituents is 1. The van der Waals surface area contributed by atoms with Gasteiger partial charge in [0.1, 0.15) is 0 Å². The zero-order chi connectivity index (χ0) is 19.5. The maximum absolute atomic E-state index is 12.8. The number of rotatable bonds is 4. The number of anilines is 1. The van der Waals surface area contributed by atoms with E-state index in [2.05, 4.69) is 4.90 Å². The molecule has 1 amide bonds. The van der Waals surface area contributed by atoms with Crippen molar-refractivity contribution < 1.29 is 9.72 Å². The summed E-state index contributed by atoms with van der Waals surface area (Å²) in [4.78, 5) is 27.9. The van der Waals surface area contributed by atoms with Gasteiger partial charge < -0.3 is 14.4 Å². The van der Waals surface area contributed by atoms with E-state index in [9.17, 15) is 14.9 Å². The molecular formula is C21H26N4O3. The van der Waals surface area contributed by atoms with Crippen molar-refractivity contribution in [3.05, 3.63) is 52.8 Å². The van der Waals surface area contributed by atoms with E-state index in [0.29, 0.717) is 19.0 Å². The van der Waals surface area contributed by atoms with Gasteiger partial charge in [-0.25, -0.2) is 0 Å². The molecule has 148 valence electrons. The predicted octanol–water partition coefficient (Wildman–Crippen LogP) is 3.61. The van der Waals surface area contributed by atoms with Crippen LogP contribution in [0.5, 0.6) is 0 Å². The molecule has 28 heavy (non-hydrogen) atoms. The van der Waals surface area contributed by atoms with Crippen molar-refractivity contribution in [3.8, 4) is 5.69 Å². The predicted molar refractivity (Wildman–Crippen MR) is 108 cm³/mol. The summed E-state index contributed by atoms with van der Waals surface area (Å²) in [5, 5.41) is 11.2.